The molecule has 6 heteroatoms. The van der Waals surface area contributed by atoms with Crippen molar-refractivity contribution in [1.82, 2.24) is 9.88 Å². The second kappa shape index (κ2) is 7.69. The fourth-order valence-electron chi connectivity index (χ4n) is 4.40. The molecule has 1 aromatic carbocycles. The molecule has 0 atom stereocenters. The van der Waals surface area contributed by atoms with Crippen LogP contribution in [0.1, 0.15) is 12.0 Å². The molecule has 2 aliphatic heterocycles. The number of thiophene rings is 1. The highest BCUT2D eigenvalue weighted by Crippen LogP contribution is 2.35. The number of rotatable bonds is 4. The summed E-state index contributed by atoms with van der Waals surface area (Å²) >= 11 is 1.78. The zero-order valence-corrected chi connectivity index (χ0v) is 17.5. The van der Waals surface area contributed by atoms with Crippen LogP contribution in [-0.4, -0.2) is 61.3 Å². The van der Waals surface area contributed by atoms with Gasteiger partial charge >= 0.3 is 0 Å². The highest BCUT2D eigenvalue weighted by atomic mass is 32.1. The lowest BCUT2D eigenvalue weighted by Gasteiger charge is -2.36. The van der Waals surface area contributed by atoms with Crippen LogP contribution in [0, 0.1) is 0 Å². The summed E-state index contributed by atoms with van der Waals surface area (Å²) in [7, 11) is 2.10. The SMILES string of the molecule is CN1CC=C(CCN2CCN(c3nccc4sccc34)CC2)c2cc(O)ccc21. The predicted molar refractivity (Wildman–Crippen MR) is 122 cm³/mol. The van der Waals surface area contributed by atoms with E-state index in [9.17, 15) is 5.11 Å². The van der Waals surface area contributed by atoms with Crippen LogP contribution in [-0.2, 0) is 0 Å². The van der Waals surface area contributed by atoms with Crippen molar-refractivity contribution in [2.75, 3.05) is 56.1 Å². The molecule has 0 amide bonds. The van der Waals surface area contributed by atoms with Gasteiger partial charge in [-0.15, -0.1) is 11.3 Å². The molecular weight excluding hydrogens is 380 g/mol. The van der Waals surface area contributed by atoms with Gasteiger partial charge in [0.1, 0.15) is 11.6 Å². The van der Waals surface area contributed by atoms with E-state index in [2.05, 4.69) is 50.3 Å². The zero-order chi connectivity index (χ0) is 19.8. The molecule has 0 aliphatic carbocycles. The molecular formula is C23H26N4OS. The fourth-order valence-corrected chi connectivity index (χ4v) is 5.18. The van der Waals surface area contributed by atoms with Gasteiger partial charge in [0.05, 0.1) is 0 Å². The molecule has 0 unspecified atom stereocenters. The van der Waals surface area contributed by atoms with E-state index in [1.165, 1.54) is 26.9 Å². The Morgan fingerprint density at radius 1 is 1.10 bits per heavy atom. The number of pyridine rings is 1. The van der Waals surface area contributed by atoms with Crippen molar-refractivity contribution in [3.8, 4) is 5.75 Å². The lowest BCUT2D eigenvalue weighted by molar-refractivity contribution is 0.263. The number of likely N-dealkylation sites (N-methyl/N-ethyl adjacent to an activating group) is 1. The Balaban J connectivity index is 1.22. The second-order valence-electron chi connectivity index (χ2n) is 7.86. The van der Waals surface area contributed by atoms with E-state index >= 15 is 0 Å². The minimum atomic E-state index is 0.341. The van der Waals surface area contributed by atoms with Gasteiger partial charge in [-0.05, 0) is 47.7 Å². The van der Waals surface area contributed by atoms with Gasteiger partial charge in [-0.25, -0.2) is 4.98 Å². The van der Waals surface area contributed by atoms with E-state index < -0.39 is 0 Å². The molecule has 1 saturated heterocycles. The summed E-state index contributed by atoms with van der Waals surface area (Å²) < 4.78 is 1.31. The molecule has 5 rings (SSSR count). The Morgan fingerprint density at radius 3 is 2.83 bits per heavy atom. The highest BCUT2D eigenvalue weighted by molar-refractivity contribution is 7.17. The first-order chi connectivity index (χ1) is 14.2. The summed E-state index contributed by atoms with van der Waals surface area (Å²) in [6, 6.07) is 9.99. The van der Waals surface area contributed by atoms with Crippen molar-refractivity contribution in [3.63, 3.8) is 0 Å². The monoisotopic (exact) mass is 406 g/mol. The normalized spacial score (nSPS) is 17.5. The number of phenolic OH excluding ortho intramolecular Hbond substituents is 1. The number of aromatic nitrogens is 1. The second-order valence-corrected chi connectivity index (χ2v) is 8.80. The average molecular weight is 407 g/mol. The third-order valence-electron chi connectivity index (χ3n) is 6.08. The Hall–Kier alpha value is -2.57. The van der Waals surface area contributed by atoms with E-state index in [1.807, 2.05) is 18.3 Å². The minimum absolute atomic E-state index is 0.341. The smallest absolute Gasteiger partial charge is 0.137 e. The Bertz CT molecular complexity index is 1050. The maximum Gasteiger partial charge on any atom is 0.137 e. The van der Waals surface area contributed by atoms with Crippen molar-refractivity contribution < 1.29 is 5.11 Å². The summed E-state index contributed by atoms with van der Waals surface area (Å²) in [4.78, 5) is 11.9. The lowest BCUT2D eigenvalue weighted by atomic mass is 9.96. The predicted octanol–water partition coefficient (Wildman–Crippen LogP) is 4.05. The number of phenols is 1. The maximum absolute atomic E-state index is 9.94. The van der Waals surface area contributed by atoms with Crippen molar-refractivity contribution in [2.24, 2.45) is 0 Å². The first-order valence-corrected chi connectivity index (χ1v) is 11.1. The van der Waals surface area contributed by atoms with E-state index in [0.29, 0.717) is 5.75 Å². The molecule has 0 spiro atoms. The summed E-state index contributed by atoms with van der Waals surface area (Å²) in [5, 5.41) is 13.4. The molecule has 29 heavy (non-hydrogen) atoms. The number of nitrogens with zero attached hydrogens (tertiary/aromatic N) is 4. The van der Waals surface area contributed by atoms with Gasteiger partial charge in [0, 0.05) is 73.9 Å². The van der Waals surface area contributed by atoms with Gasteiger partial charge in [0.15, 0.2) is 0 Å². The quantitative estimate of drug-likeness (QED) is 0.708. The fraction of sp³-hybridized carbons (Fsp3) is 0.348. The molecule has 1 fully saturated rings. The van der Waals surface area contributed by atoms with E-state index in [4.69, 9.17) is 0 Å². The van der Waals surface area contributed by atoms with E-state index in [0.717, 1.165) is 51.5 Å². The van der Waals surface area contributed by atoms with Gasteiger partial charge < -0.3 is 14.9 Å². The summed E-state index contributed by atoms with van der Waals surface area (Å²) in [5.41, 5.74) is 3.73. The van der Waals surface area contributed by atoms with Crippen LogP contribution in [0.4, 0.5) is 11.5 Å². The van der Waals surface area contributed by atoms with Gasteiger partial charge in [0.25, 0.3) is 0 Å². The van der Waals surface area contributed by atoms with Crippen LogP contribution in [0.2, 0.25) is 0 Å². The van der Waals surface area contributed by atoms with Crippen molar-refractivity contribution in [1.29, 1.82) is 0 Å². The number of fused-ring (bicyclic) bond motifs is 2. The van der Waals surface area contributed by atoms with Gasteiger partial charge in [-0.3, -0.25) is 4.90 Å². The number of benzene rings is 1. The summed E-state index contributed by atoms with van der Waals surface area (Å²) in [5.74, 6) is 1.47. The third-order valence-corrected chi connectivity index (χ3v) is 6.96. The molecule has 2 aliphatic rings. The standard InChI is InChI=1S/C23H26N4OS/c1-25-9-5-17(20-16-18(28)2-3-21(20)25)6-10-26-11-13-27(14-12-26)23-19-7-15-29-22(19)4-8-24-23/h2-5,7-8,15-16,28H,6,9-14H2,1H3. The van der Waals surface area contributed by atoms with Crippen LogP contribution < -0.4 is 9.80 Å². The van der Waals surface area contributed by atoms with Crippen molar-refractivity contribution in [3.05, 3.63) is 53.5 Å². The highest BCUT2D eigenvalue weighted by Gasteiger charge is 2.21. The van der Waals surface area contributed by atoms with Crippen LogP contribution in [0.5, 0.6) is 5.75 Å². The van der Waals surface area contributed by atoms with Gasteiger partial charge in [-0.1, -0.05) is 6.08 Å². The van der Waals surface area contributed by atoms with Crippen molar-refractivity contribution in [2.45, 2.75) is 6.42 Å². The molecule has 5 nitrogen and oxygen atoms in total. The molecule has 4 heterocycles. The van der Waals surface area contributed by atoms with Crippen LogP contribution in [0.25, 0.3) is 15.7 Å². The summed E-state index contributed by atoms with van der Waals surface area (Å²) in [6.45, 7) is 6.12. The Kier molecular flexibility index (Phi) is 4.89. The molecule has 3 aromatic rings. The number of anilines is 2. The lowest BCUT2D eigenvalue weighted by Crippen LogP contribution is -2.47. The number of aromatic hydroxyl groups is 1. The average Bonchev–Trinajstić information content (AvgIpc) is 3.23. The molecule has 1 N–H and O–H groups in total. The molecule has 2 aromatic heterocycles. The molecule has 0 bridgehead atoms. The molecule has 0 radical (unpaired) electrons. The van der Waals surface area contributed by atoms with Crippen molar-refractivity contribution >= 4 is 38.5 Å². The molecule has 0 saturated carbocycles. The summed E-state index contributed by atoms with van der Waals surface area (Å²) in [6.07, 6.45) is 5.25. The van der Waals surface area contributed by atoms with Gasteiger partial charge in [0.2, 0.25) is 0 Å². The minimum Gasteiger partial charge on any atom is -0.508 e. The number of hydrogen-bond donors (Lipinski definition) is 1. The first-order valence-electron chi connectivity index (χ1n) is 10.2. The first kappa shape index (κ1) is 18.5. The number of piperazine rings is 1. The van der Waals surface area contributed by atoms with Gasteiger partial charge in [-0.2, -0.15) is 0 Å². The number of hydrogen-bond acceptors (Lipinski definition) is 6. The van der Waals surface area contributed by atoms with Crippen LogP contribution in [0.3, 0.4) is 0 Å². The Morgan fingerprint density at radius 2 is 1.97 bits per heavy atom. The third kappa shape index (κ3) is 3.58. The van der Waals surface area contributed by atoms with Crippen LogP contribution >= 0.6 is 11.3 Å². The van der Waals surface area contributed by atoms with E-state index in [-0.39, 0.29) is 0 Å². The van der Waals surface area contributed by atoms with E-state index in [1.54, 1.807) is 17.4 Å². The maximum atomic E-state index is 9.94. The zero-order valence-electron chi connectivity index (χ0n) is 16.7. The van der Waals surface area contributed by atoms with Crippen LogP contribution in [0.15, 0.2) is 48.0 Å². The largest absolute Gasteiger partial charge is 0.508 e. The molecule has 150 valence electrons. The Labute approximate surface area is 175 Å². The topological polar surface area (TPSA) is 42.8 Å².